The lowest BCUT2D eigenvalue weighted by Gasteiger charge is -2.05. The van der Waals surface area contributed by atoms with E-state index in [4.69, 9.17) is 11.6 Å². The highest BCUT2D eigenvalue weighted by Gasteiger charge is 2.26. The smallest absolute Gasteiger partial charge is 0.229 e. The monoisotopic (exact) mass is 454 g/mol. The van der Waals surface area contributed by atoms with Gasteiger partial charge in [-0.15, -0.1) is 3.97 Å². The van der Waals surface area contributed by atoms with Crippen LogP contribution in [-0.4, -0.2) is 31.4 Å². The molecule has 0 aliphatic carbocycles. The van der Waals surface area contributed by atoms with E-state index in [0.29, 0.717) is 5.02 Å². The van der Waals surface area contributed by atoms with Gasteiger partial charge in [-0.25, -0.2) is 4.57 Å². The maximum absolute atomic E-state index is 12.6. The number of nitrogens with zero attached hydrogens (tertiary/aromatic N) is 3. The second-order valence-corrected chi connectivity index (χ2v) is 10.6. The van der Waals surface area contributed by atoms with Gasteiger partial charge in [0.15, 0.2) is 11.9 Å². The average molecular weight is 455 g/mol. The van der Waals surface area contributed by atoms with Gasteiger partial charge in [0.25, 0.3) is 6.33 Å². The van der Waals surface area contributed by atoms with E-state index in [1.54, 1.807) is 26.6 Å². The summed E-state index contributed by atoms with van der Waals surface area (Å²) in [6, 6.07) is 7.55. The first-order valence-corrected chi connectivity index (χ1v) is 12.9. The molecule has 0 saturated carbocycles. The van der Waals surface area contributed by atoms with Crippen molar-refractivity contribution in [1.29, 1.82) is 0 Å². The van der Waals surface area contributed by atoms with Crippen LogP contribution in [0.3, 0.4) is 0 Å². The van der Waals surface area contributed by atoms with Crippen LogP contribution < -0.4 is 3.97 Å². The lowest BCUT2D eigenvalue weighted by molar-refractivity contribution is -0.514. The minimum absolute atomic E-state index is 0.640. The number of halogens is 1. The molecule has 1 aromatic heterocycles. The van der Waals surface area contributed by atoms with Gasteiger partial charge < -0.3 is 0 Å². The van der Waals surface area contributed by atoms with Crippen LogP contribution in [-0.2, 0) is 16.8 Å². The fraction of sp³-hybridized carbons (Fsp3) is 0.609. The molecule has 2 rings (SSSR count). The van der Waals surface area contributed by atoms with Crippen molar-refractivity contribution in [3.8, 4) is 11.3 Å². The van der Waals surface area contributed by atoms with Crippen LogP contribution in [0.1, 0.15) is 71.1 Å². The lowest BCUT2D eigenvalue weighted by atomic mass is 10.1. The first-order chi connectivity index (χ1) is 14.4. The molecule has 30 heavy (non-hydrogen) atoms. The van der Waals surface area contributed by atoms with E-state index < -0.39 is 10.2 Å². The predicted molar refractivity (Wildman–Crippen MR) is 125 cm³/mol. The molecule has 0 unspecified atom stereocenters. The summed E-state index contributed by atoms with van der Waals surface area (Å²) in [6.07, 6.45) is 16.1. The molecule has 0 atom stereocenters. The van der Waals surface area contributed by atoms with Crippen molar-refractivity contribution in [3.63, 3.8) is 0 Å². The molecule has 5 nitrogen and oxygen atoms in total. The van der Waals surface area contributed by atoms with E-state index in [1.165, 1.54) is 59.6 Å². The molecule has 0 aliphatic heterocycles. The molecule has 0 fully saturated rings. The summed E-state index contributed by atoms with van der Waals surface area (Å²) in [7, 11) is -0.468. The summed E-state index contributed by atoms with van der Waals surface area (Å²) in [4.78, 5) is 0. The zero-order valence-corrected chi connectivity index (χ0v) is 20.3. The fourth-order valence-corrected chi connectivity index (χ4v) is 4.61. The third-order valence-electron chi connectivity index (χ3n) is 5.41. The maximum atomic E-state index is 12.6. The maximum Gasteiger partial charge on any atom is 0.379 e. The Bertz CT molecular complexity index is 878. The summed E-state index contributed by atoms with van der Waals surface area (Å²) >= 11 is 6.17. The molecule has 7 heteroatoms. The number of aryl methyl sites for hydroxylation is 1. The fourth-order valence-electron chi connectivity index (χ4n) is 3.58. The topological polar surface area (TPSA) is 46.2 Å². The number of rotatable bonds is 14. The van der Waals surface area contributed by atoms with E-state index in [9.17, 15) is 8.42 Å². The van der Waals surface area contributed by atoms with Gasteiger partial charge in [0, 0.05) is 24.7 Å². The van der Waals surface area contributed by atoms with Gasteiger partial charge in [0.1, 0.15) is 0 Å². The summed E-state index contributed by atoms with van der Waals surface area (Å²) in [5.41, 5.74) is 1.78. The minimum atomic E-state index is -3.55. The van der Waals surface area contributed by atoms with Gasteiger partial charge in [-0.1, -0.05) is 82.0 Å². The summed E-state index contributed by atoms with van der Waals surface area (Å²) in [6.45, 7) is 3.04. The van der Waals surface area contributed by atoms with Crippen molar-refractivity contribution in [2.75, 3.05) is 14.1 Å². The standard InChI is InChI=1S/C23H37ClN3O2S/c1-4-5-6-7-8-9-10-11-12-13-17-26-20-27(30(28,29)25(2)3)19-23(26)21-15-14-16-22(24)18-21/h14-16,18-20H,4-13,17H2,1-3H3/q+1. The third-order valence-corrected chi connectivity index (χ3v) is 7.30. The van der Waals surface area contributed by atoms with Crippen molar-refractivity contribution in [2.24, 2.45) is 0 Å². The molecule has 1 aromatic carbocycles. The van der Waals surface area contributed by atoms with Crippen LogP contribution in [0.4, 0.5) is 0 Å². The third kappa shape index (κ3) is 7.40. The lowest BCUT2D eigenvalue weighted by Crippen LogP contribution is -2.48. The van der Waals surface area contributed by atoms with Gasteiger partial charge >= 0.3 is 10.2 Å². The van der Waals surface area contributed by atoms with Gasteiger partial charge in [-0.3, -0.25) is 0 Å². The minimum Gasteiger partial charge on any atom is -0.229 e. The molecular formula is C23H37ClN3O2S+. The summed E-state index contributed by atoms with van der Waals surface area (Å²) in [5, 5.41) is 0.640. The molecule has 0 spiro atoms. The van der Waals surface area contributed by atoms with E-state index in [1.807, 2.05) is 28.8 Å². The van der Waals surface area contributed by atoms with Crippen LogP contribution in [0, 0.1) is 0 Å². The van der Waals surface area contributed by atoms with Crippen molar-refractivity contribution in [3.05, 3.63) is 41.8 Å². The van der Waals surface area contributed by atoms with Crippen molar-refractivity contribution in [2.45, 2.75) is 77.7 Å². The van der Waals surface area contributed by atoms with Gasteiger partial charge in [-0.05, 0) is 25.0 Å². The van der Waals surface area contributed by atoms with Crippen molar-refractivity contribution in [1.82, 2.24) is 8.87 Å². The predicted octanol–water partition coefficient (Wildman–Crippen LogP) is 5.67. The average Bonchev–Trinajstić information content (AvgIpc) is 3.14. The Balaban J connectivity index is 1.96. The highest BCUT2D eigenvalue weighted by molar-refractivity contribution is 7.82. The molecule has 168 valence electrons. The Labute approximate surface area is 187 Å². The van der Waals surface area contributed by atoms with Crippen molar-refractivity contribution < 1.29 is 12.4 Å². The molecule has 0 aliphatic rings. The number of hydrogen-bond donors (Lipinski definition) is 0. The second kappa shape index (κ2) is 12.5. The quantitative estimate of drug-likeness (QED) is 0.272. The Morgan fingerprint density at radius 3 is 2.13 bits per heavy atom. The molecule has 0 saturated heterocycles. The molecule has 1 heterocycles. The summed E-state index contributed by atoms with van der Waals surface area (Å²) in [5.74, 6) is 0. The largest absolute Gasteiger partial charge is 0.379 e. The van der Waals surface area contributed by atoms with Crippen LogP contribution in [0.5, 0.6) is 0 Å². The zero-order chi connectivity index (χ0) is 22.0. The van der Waals surface area contributed by atoms with Gasteiger partial charge in [0.2, 0.25) is 0 Å². The number of benzene rings is 1. The van der Waals surface area contributed by atoms with Crippen LogP contribution in [0.15, 0.2) is 36.8 Å². The van der Waals surface area contributed by atoms with E-state index in [2.05, 4.69) is 6.92 Å². The van der Waals surface area contributed by atoms with Gasteiger partial charge in [-0.2, -0.15) is 12.7 Å². The summed E-state index contributed by atoms with van der Waals surface area (Å²) < 4.78 is 29.7. The normalized spacial score (nSPS) is 12.0. The first kappa shape index (κ1) is 24.9. The van der Waals surface area contributed by atoms with Crippen molar-refractivity contribution >= 4 is 21.8 Å². The Morgan fingerprint density at radius 2 is 1.57 bits per heavy atom. The Morgan fingerprint density at radius 1 is 0.967 bits per heavy atom. The van der Waals surface area contributed by atoms with Gasteiger partial charge in [0.05, 0.1) is 6.54 Å². The molecule has 2 aromatic rings. The second-order valence-electron chi connectivity index (χ2n) is 8.14. The number of aromatic nitrogens is 2. The van der Waals surface area contributed by atoms with E-state index in [0.717, 1.165) is 30.6 Å². The van der Waals surface area contributed by atoms with Crippen LogP contribution >= 0.6 is 11.6 Å². The zero-order valence-electron chi connectivity index (χ0n) is 18.7. The number of imidazole rings is 1. The molecular weight excluding hydrogens is 418 g/mol. The molecule has 0 bridgehead atoms. The molecule has 0 radical (unpaired) electrons. The number of unbranched alkanes of at least 4 members (excludes halogenated alkanes) is 9. The Hall–Kier alpha value is -1.37. The van der Waals surface area contributed by atoms with Crippen LogP contribution in [0.25, 0.3) is 11.3 Å². The van der Waals surface area contributed by atoms with E-state index >= 15 is 0 Å². The Kier molecular flexibility index (Phi) is 10.4. The molecule has 0 amide bonds. The highest BCUT2D eigenvalue weighted by atomic mass is 35.5. The SMILES string of the molecule is CCCCCCCCCCCCn1c[n+](S(=O)(=O)N(C)C)cc1-c1cccc(Cl)c1. The van der Waals surface area contributed by atoms with Crippen LogP contribution in [0.2, 0.25) is 5.02 Å². The highest BCUT2D eigenvalue weighted by Crippen LogP contribution is 2.23. The first-order valence-electron chi connectivity index (χ1n) is 11.2. The number of hydrogen-bond acceptors (Lipinski definition) is 2. The molecule has 0 N–H and O–H groups in total. The van der Waals surface area contributed by atoms with E-state index in [-0.39, 0.29) is 0 Å².